The van der Waals surface area contributed by atoms with Crippen molar-refractivity contribution in [1.29, 1.82) is 5.41 Å². The van der Waals surface area contributed by atoms with Crippen LogP contribution >= 0.6 is 0 Å². The van der Waals surface area contributed by atoms with Gasteiger partial charge < -0.3 is 15.5 Å². The highest BCUT2D eigenvalue weighted by atomic mass is 16.6. The van der Waals surface area contributed by atoms with Crippen molar-refractivity contribution in [3.05, 3.63) is 0 Å². The van der Waals surface area contributed by atoms with Crippen molar-refractivity contribution in [2.45, 2.75) is 46.1 Å². The standard InChI is InChI=1S/C10H20N2O2/c1-8(11)6-5-7-12-9(13)14-10(2,3)4/h11H,5-7H2,1-4H3,(H,12,13). The number of carbonyl (C=O) groups excluding carboxylic acids is 1. The van der Waals surface area contributed by atoms with Crippen LogP contribution < -0.4 is 5.32 Å². The van der Waals surface area contributed by atoms with Gasteiger partial charge in [-0.2, -0.15) is 0 Å². The van der Waals surface area contributed by atoms with Gasteiger partial charge in [0.1, 0.15) is 5.60 Å². The fraction of sp³-hybridized carbons (Fsp3) is 0.800. The molecular formula is C10H20N2O2. The Bertz CT molecular complexity index is 207. The highest BCUT2D eigenvalue weighted by Crippen LogP contribution is 2.06. The molecule has 0 saturated heterocycles. The third-order valence-electron chi connectivity index (χ3n) is 1.40. The van der Waals surface area contributed by atoms with Crippen LogP contribution in [0.25, 0.3) is 0 Å². The van der Waals surface area contributed by atoms with Crippen LogP contribution in [0.5, 0.6) is 0 Å². The molecule has 0 bridgehead atoms. The Labute approximate surface area is 85.5 Å². The van der Waals surface area contributed by atoms with E-state index in [9.17, 15) is 4.79 Å². The predicted molar refractivity (Wildman–Crippen MR) is 56.9 cm³/mol. The van der Waals surface area contributed by atoms with Gasteiger partial charge in [0.25, 0.3) is 0 Å². The number of hydrogen-bond acceptors (Lipinski definition) is 3. The Kier molecular flexibility index (Phi) is 5.20. The Morgan fingerprint density at radius 3 is 2.43 bits per heavy atom. The zero-order valence-corrected chi connectivity index (χ0v) is 9.44. The van der Waals surface area contributed by atoms with Gasteiger partial charge in [-0.3, -0.25) is 0 Å². The molecule has 82 valence electrons. The lowest BCUT2D eigenvalue weighted by molar-refractivity contribution is 0.0527. The van der Waals surface area contributed by atoms with Crippen LogP contribution in [0, 0.1) is 5.41 Å². The first-order valence-electron chi connectivity index (χ1n) is 4.82. The van der Waals surface area contributed by atoms with Crippen LogP contribution in [0.1, 0.15) is 40.5 Å². The van der Waals surface area contributed by atoms with E-state index in [1.54, 1.807) is 6.92 Å². The topological polar surface area (TPSA) is 62.2 Å². The van der Waals surface area contributed by atoms with E-state index in [-0.39, 0.29) is 6.09 Å². The summed E-state index contributed by atoms with van der Waals surface area (Å²) in [5.74, 6) is 0. The summed E-state index contributed by atoms with van der Waals surface area (Å²) in [6, 6.07) is 0. The Morgan fingerprint density at radius 1 is 1.43 bits per heavy atom. The molecule has 0 aliphatic heterocycles. The van der Waals surface area contributed by atoms with E-state index < -0.39 is 5.60 Å². The first-order valence-corrected chi connectivity index (χ1v) is 4.82. The molecule has 1 amide bonds. The second-order valence-corrected chi connectivity index (χ2v) is 4.31. The van der Waals surface area contributed by atoms with Crippen molar-refractivity contribution in [3.8, 4) is 0 Å². The van der Waals surface area contributed by atoms with Gasteiger partial charge in [-0.1, -0.05) is 0 Å². The van der Waals surface area contributed by atoms with Gasteiger partial charge in [-0.15, -0.1) is 0 Å². The smallest absolute Gasteiger partial charge is 0.407 e. The Balaban J connectivity index is 3.50. The molecule has 2 N–H and O–H groups in total. The summed E-state index contributed by atoms with van der Waals surface area (Å²) < 4.78 is 5.04. The molecule has 0 spiro atoms. The van der Waals surface area contributed by atoms with Crippen molar-refractivity contribution in [2.75, 3.05) is 6.54 Å². The fourth-order valence-corrected chi connectivity index (χ4v) is 0.858. The first kappa shape index (κ1) is 12.9. The fourth-order valence-electron chi connectivity index (χ4n) is 0.858. The summed E-state index contributed by atoms with van der Waals surface area (Å²) in [6.45, 7) is 7.80. The molecule has 0 aromatic heterocycles. The third-order valence-corrected chi connectivity index (χ3v) is 1.40. The SMILES string of the molecule is CC(=N)CCCNC(=O)OC(C)(C)C. The van der Waals surface area contributed by atoms with Gasteiger partial charge in [0, 0.05) is 12.3 Å². The quantitative estimate of drug-likeness (QED) is 0.540. The molecule has 0 atom stereocenters. The van der Waals surface area contributed by atoms with E-state index >= 15 is 0 Å². The Morgan fingerprint density at radius 2 is 2.00 bits per heavy atom. The Hall–Kier alpha value is -1.06. The minimum absolute atomic E-state index is 0.389. The second kappa shape index (κ2) is 5.62. The van der Waals surface area contributed by atoms with E-state index in [4.69, 9.17) is 10.1 Å². The normalized spacial score (nSPS) is 10.9. The lowest BCUT2D eigenvalue weighted by Crippen LogP contribution is -2.33. The zero-order valence-electron chi connectivity index (χ0n) is 9.44. The van der Waals surface area contributed by atoms with Crippen molar-refractivity contribution in [2.24, 2.45) is 0 Å². The summed E-state index contributed by atoms with van der Waals surface area (Å²) in [5, 5.41) is 9.82. The molecule has 0 unspecified atom stereocenters. The lowest BCUT2D eigenvalue weighted by atomic mass is 10.2. The molecule has 4 nitrogen and oxygen atoms in total. The second-order valence-electron chi connectivity index (χ2n) is 4.31. The molecular weight excluding hydrogens is 180 g/mol. The largest absolute Gasteiger partial charge is 0.444 e. The van der Waals surface area contributed by atoms with Gasteiger partial charge in [0.2, 0.25) is 0 Å². The third kappa shape index (κ3) is 9.03. The first-order chi connectivity index (χ1) is 6.31. The average Bonchev–Trinajstić information content (AvgIpc) is 1.94. The van der Waals surface area contributed by atoms with Crippen molar-refractivity contribution >= 4 is 11.8 Å². The summed E-state index contributed by atoms with van der Waals surface area (Å²) in [5.41, 5.74) is 0.192. The molecule has 0 radical (unpaired) electrons. The van der Waals surface area contributed by atoms with E-state index in [0.717, 1.165) is 12.8 Å². The molecule has 0 rings (SSSR count). The van der Waals surface area contributed by atoms with Crippen LogP contribution in [-0.2, 0) is 4.74 Å². The highest BCUT2D eigenvalue weighted by molar-refractivity contribution is 5.78. The number of nitrogens with one attached hydrogen (secondary N) is 2. The number of carbonyl (C=O) groups is 1. The van der Waals surface area contributed by atoms with Crippen molar-refractivity contribution < 1.29 is 9.53 Å². The molecule has 0 saturated carbocycles. The van der Waals surface area contributed by atoms with Crippen LogP contribution in [0.15, 0.2) is 0 Å². The van der Waals surface area contributed by atoms with Crippen LogP contribution in [0.4, 0.5) is 4.79 Å². The molecule has 0 aromatic carbocycles. The van der Waals surface area contributed by atoms with E-state index in [0.29, 0.717) is 12.3 Å². The zero-order chi connectivity index (χ0) is 11.2. The van der Waals surface area contributed by atoms with Crippen molar-refractivity contribution in [3.63, 3.8) is 0 Å². The monoisotopic (exact) mass is 200 g/mol. The minimum Gasteiger partial charge on any atom is -0.444 e. The van der Waals surface area contributed by atoms with Gasteiger partial charge in [-0.05, 0) is 40.5 Å². The summed E-state index contributed by atoms with van der Waals surface area (Å²) in [4.78, 5) is 11.1. The molecule has 0 aromatic rings. The van der Waals surface area contributed by atoms with Gasteiger partial charge in [-0.25, -0.2) is 4.79 Å². The summed E-state index contributed by atoms with van der Waals surface area (Å²) in [6.07, 6.45) is 1.12. The van der Waals surface area contributed by atoms with Gasteiger partial charge in [0.15, 0.2) is 0 Å². The molecule has 4 heteroatoms. The van der Waals surface area contributed by atoms with Crippen LogP contribution in [-0.4, -0.2) is 24.0 Å². The van der Waals surface area contributed by atoms with Crippen molar-refractivity contribution in [1.82, 2.24) is 5.32 Å². The maximum Gasteiger partial charge on any atom is 0.407 e. The maximum atomic E-state index is 11.1. The lowest BCUT2D eigenvalue weighted by Gasteiger charge is -2.19. The van der Waals surface area contributed by atoms with E-state index in [1.807, 2.05) is 20.8 Å². The number of rotatable bonds is 4. The number of hydrogen-bond donors (Lipinski definition) is 2. The van der Waals surface area contributed by atoms with Crippen LogP contribution in [0.3, 0.4) is 0 Å². The molecule has 0 heterocycles. The molecule has 0 aliphatic carbocycles. The minimum atomic E-state index is -0.443. The molecule has 14 heavy (non-hydrogen) atoms. The van der Waals surface area contributed by atoms with E-state index in [2.05, 4.69) is 5.32 Å². The van der Waals surface area contributed by atoms with E-state index in [1.165, 1.54) is 0 Å². The molecule has 0 fully saturated rings. The van der Waals surface area contributed by atoms with Gasteiger partial charge in [0.05, 0.1) is 0 Å². The van der Waals surface area contributed by atoms with Crippen LogP contribution in [0.2, 0.25) is 0 Å². The molecule has 0 aliphatic rings. The number of alkyl carbamates (subject to hydrolysis) is 1. The number of amides is 1. The maximum absolute atomic E-state index is 11.1. The highest BCUT2D eigenvalue weighted by Gasteiger charge is 2.15. The number of ether oxygens (including phenoxy) is 1. The van der Waals surface area contributed by atoms with Gasteiger partial charge >= 0.3 is 6.09 Å². The summed E-state index contributed by atoms with van der Waals surface area (Å²) in [7, 11) is 0. The predicted octanol–water partition coefficient (Wildman–Crippen LogP) is 2.33. The summed E-state index contributed by atoms with van der Waals surface area (Å²) >= 11 is 0. The average molecular weight is 200 g/mol.